The van der Waals surface area contributed by atoms with Crippen molar-refractivity contribution in [2.24, 2.45) is 9.78 Å². The summed E-state index contributed by atoms with van der Waals surface area (Å²) in [6, 6.07) is 7.28. The van der Waals surface area contributed by atoms with Gasteiger partial charge >= 0.3 is 0 Å². The molecule has 6 heteroatoms. The molecule has 2 atom stereocenters. The number of benzene rings is 1. The molecule has 2 rings (SSSR count). The van der Waals surface area contributed by atoms with E-state index in [0.717, 1.165) is 5.69 Å². The molecule has 5 nitrogen and oxygen atoms in total. The van der Waals surface area contributed by atoms with Crippen molar-refractivity contribution in [3.8, 4) is 0 Å². The average molecular weight is 310 g/mol. The van der Waals surface area contributed by atoms with Crippen molar-refractivity contribution in [2.75, 3.05) is 38.5 Å². The lowest BCUT2D eigenvalue weighted by molar-refractivity contribution is -0.126. The maximum Gasteiger partial charge on any atom is 0.262 e. The van der Waals surface area contributed by atoms with Gasteiger partial charge in [-0.3, -0.25) is 4.79 Å². The number of nitrogens with zero attached hydrogens (tertiary/aromatic N) is 2. The fourth-order valence-corrected chi connectivity index (χ4v) is 3.44. The smallest absolute Gasteiger partial charge is 0.262 e. The largest absolute Gasteiger partial charge is 0.380 e. The highest BCUT2D eigenvalue weighted by molar-refractivity contribution is 7.93. The van der Waals surface area contributed by atoms with Crippen LogP contribution < -0.4 is 4.90 Å². The fourth-order valence-electron chi connectivity index (χ4n) is 2.15. The van der Waals surface area contributed by atoms with E-state index in [-0.39, 0.29) is 5.91 Å². The van der Waals surface area contributed by atoms with E-state index in [0.29, 0.717) is 24.5 Å². The third-order valence-electron chi connectivity index (χ3n) is 3.78. The monoisotopic (exact) mass is 310 g/mol. The molecule has 0 aromatic heterocycles. The summed E-state index contributed by atoms with van der Waals surface area (Å²) >= 11 is 0. The van der Waals surface area contributed by atoms with Crippen molar-refractivity contribution in [2.45, 2.75) is 18.2 Å². The summed E-state index contributed by atoms with van der Waals surface area (Å²) in [4.78, 5) is 14.8. The molecule has 0 saturated carbocycles. The van der Waals surface area contributed by atoms with Gasteiger partial charge in [0, 0.05) is 37.5 Å². The third-order valence-corrected chi connectivity index (χ3v) is 5.44. The van der Waals surface area contributed by atoms with Crippen LogP contribution in [0, 0.1) is 5.41 Å². The van der Waals surface area contributed by atoms with Crippen LogP contribution in [0.4, 0.5) is 5.69 Å². The molecule has 1 aromatic rings. The lowest BCUT2D eigenvalue weighted by atomic mass is 9.89. The molecule has 1 aliphatic heterocycles. The zero-order chi connectivity index (χ0) is 15.7. The normalized spacial score (nSPS) is 24.4. The number of amides is 1. The first kappa shape index (κ1) is 16.0. The fraction of sp³-hybridized carbons (Fsp3) is 0.533. The Balaban J connectivity index is 2.30. The Morgan fingerprint density at radius 1 is 1.33 bits per heavy atom. The van der Waals surface area contributed by atoms with Crippen LogP contribution in [0.1, 0.15) is 13.3 Å². The molecule has 0 spiro atoms. The van der Waals surface area contributed by atoms with Crippen LogP contribution in [0.2, 0.25) is 0 Å². The molecule has 0 N–H and O–H groups in total. The quantitative estimate of drug-likeness (QED) is 0.858. The minimum Gasteiger partial charge on any atom is -0.380 e. The van der Waals surface area contributed by atoms with E-state index in [1.54, 1.807) is 12.1 Å². The van der Waals surface area contributed by atoms with Crippen LogP contribution >= 0.6 is 0 Å². The van der Waals surface area contributed by atoms with Gasteiger partial charge in [0.05, 0.1) is 21.8 Å². The van der Waals surface area contributed by atoms with Gasteiger partial charge in [0.25, 0.3) is 5.91 Å². The van der Waals surface area contributed by atoms with Crippen LogP contribution in [0.25, 0.3) is 0 Å². The van der Waals surface area contributed by atoms with E-state index in [1.807, 2.05) is 38.1 Å². The standard InChI is InChI=1S/C15H22N2O3S/c1-15(9-10-20-11-15)14(18)16-21(4,19)13-7-5-12(6-8-13)17(2)3/h5-8H,9-11H2,1-4H3. The topological polar surface area (TPSA) is 59.0 Å². The van der Waals surface area contributed by atoms with E-state index < -0.39 is 15.1 Å². The molecule has 0 aliphatic carbocycles. The van der Waals surface area contributed by atoms with Gasteiger partial charge in [0.15, 0.2) is 0 Å². The number of rotatable bonds is 3. The van der Waals surface area contributed by atoms with Gasteiger partial charge in [0.2, 0.25) is 0 Å². The van der Waals surface area contributed by atoms with E-state index >= 15 is 0 Å². The predicted molar refractivity (Wildman–Crippen MR) is 84.1 cm³/mol. The van der Waals surface area contributed by atoms with Crippen molar-refractivity contribution in [3.63, 3.8) is 0 Å². The number of carbonyl (C=O) groups is 1. The molecule has 0 bridgehead atoms. The summed E-state index contributed by atoms with van der Waals surface area (Å²) in [5.74, 6) is -0.329. The molecular weight excluding hydrogens is 288 g/mol. The van der Waals surface area contributed by atoms with Gasteiger partial charge in [-0.25, -0.2) is 4.21 Å². The third kappa shape index (κ3) is 3.44. The highest BCUT2D eigenvalue weighted by atomic mass is 32.2. The first-order valence-electron chi connectivity index (χ1n) is 6.86. The van der Waals surface area contributed by atoms with Gasteiger partial charge < -0.3 is 9.64 Å². The Hall–Kier alpha value is -1.40. The molecule has 1 saturated heterocycles. The molecule has 0 radical (unpaired) electrons. The summed E-state index contributed by atoms with van der Waals surface area (Å²) in [5, 5.41) is 0. The predicted octanol–water partition coefficient (Wildman–Crippen LogP) is 2.16. The summed E-state index contributed by atoms with van der Waals surface area (Å²) in [6.07, 6.45) is 2.14. The second-order valence-electron chi connectivity index (χ2n) is 5.95. The molecule has 1 heterocycles. The van der Waals surface area contributed by atoms with E-state index in [1.165, 1.54) is 6.26 Å². The summed E-state index contributed by atoms with van der Waals surface area (Å²) in [6.45, 7) is 2.72. The van der Waals surface area contributed by atoms with Crippen LogP contribution in [-0.4, -0.2) is 43.7 Å². The lowest BCUT2D eigenvalue weighted by Gasteiger charge is -2.17. The van der Waals surface area contributed by atoms with Crippen LogP contribution in [0.5, 0.6) is 0 Å². The van der Waals surface area contributed by atoms with Crippen molar-refractivity contribution < 1.29 is 13.7 Å². The molecule has 116 valence electrons. The summed E-state index contributed by atoms with van der Waals surface area (Å²) in [7, 11) is 1.15. The average Bonchev–Trinajstić information content (AvgIpc) is 2.87. The minimum absolute atomic E-state index is 0.329. The van der Waals surface area contributed by atoms with Gasteiger partial charge in [-0.1, -0.05) is 0 Å². The Morgan fingerprint density at radius 3 is 2.43 bits per heavy atom. The zero-order valence-corrected chi connectivity index (χ0v) is 13.8. The molecular formula is C15H22N2O3S. The van der Waals surface area contributed by atoms with E-state index in [4.69, 9.17) is 4.74 Å². The number of carbonyl (C=O) groups excluding carboxylic acids is 1. The Kier molecular flexibility index (Phi) is 4.39. The zero-order valence-electron chi connectivity index (χ0n) is 13.0. The van der Waals surface area contributed by atoms with Crippen molar-refractivity contribution >= 4 is 21.3 Å². The second-order valence-corrected chi connectivity index (χ2v) is 8.21. The van der Waals surface area contributed by atoms with Crippen molar-refractivity contribution in [3.05, 3.63) is 24.3 Å². The first-order chi connectivity index (χ1) is 9.74. The van der Waals surface area contributed by atoms with Crippen molar-refractivity contribution in [1.82, 2.24) is 0 Å². The Bertz CT molecular complexity index is 637. The molecule has 1 fully saturated rings. The van der Waals surface area contributed by atoms with E-state index in [9.17, 15) is 9.00 Å². The second kappa shape index (κ2) is 5.77. The Labute approximate surface area is 126 Å². The highest BCUT2D eigenvalue weighted by Gasteiger charge is 2.38. The maximum absolute atomic E-state index is 12.7. The van der Waals surface area contributed by atoms with Crippen molar-refractivity contribution in [1.29, 1.82) is 0 Å². The molecule has 21 heavy (non-hydrogen) atoms. The maximum atomic E-state index is 12.7. The number of hydrogen-bond acceptors (Lipinski definition) is 4. The number of anilines is 1. The molecule has 1 amide bonds. The van der Waals surface area contributed by atoms with E-state index in [2.05, 4.69) is 4.36 Å². The minimum atomic E-state index is -2.73. The lowest BCUT2D eigenvalue weighted by Crippen LogP contribution is -2.27. The van der Waals surface area contributed by atoms with Gasteiger partial charge in [-0.15, -0.1) is 0 Å². The van der Waals surface area contributed by atoms with Crippen LogP contribution in [0.3, 0.4) is 0 Å². The molecule has 2 unspecified atom stereocenters. The number of hydrogen-bond donors (Lipinski definition) is 0. The van der Waals surface area contributed by atoms with Crippen LogP contribution in [-0.2, 0) is 19.3 Å². The molecule has 1 aliphatic rings. The van der Waals surface area contributed by atoms with Gasteiger partial charge in [-0.2, -0.15) is 4.36 Å². The van der Waals surface area contributed by atoms with Crippen LogP contribution in [0.15, 0.2) is 33.5 Å². The number of ether oxygens (including phenoxy) is 1. The summed E-state index contributed by atoms with van der Waals surface area (Å²) < 4.78 is 22.0. The van der Waals surface area contributed by atoms with Gasteiger partial charge in [0.1, 0.15) is 0 Å². The first-order valence-corrected chi connectivity index (χ1v) is 8.79. The SMILES string of the molecule is CN(C)c1ccc(S(C)(=O)=NC(=O)C2(C)CCOC2)cc1. The highest BCUT2D eigenvalue weighted by Crippen LogP contribution is 2.30. The summed E-state index contributed by atoms with van der Waals surface area (Å²) in [5.41, 5.74) is 0.374. The Morgan fingerprint density at radius 2 is 1.95 bits per heavy atom. The van der Waals surface area contributed by atoms with Gasteiger partial charge in [-0.05, 0) is 37.6 Å². The molecule has 1 aromatic carbocycles.